The highest BCUT2D eigenvalue weighted by Crippen LogP contribution is 2.29. The van der Waals surface area contributed by atoms with Gasteiger partial charge in [-0.05, 0) is 24.8 Å². The van der Waals surface area contributed by atoms with E-state index in [2.05, 4.69) is 15.0 Å². The summed E-state index contributed by atoms with van der Waals surface area (Å²) in [5.74, 6) is 0.749. The number of aromatic nitrogens is 3. The van der Waals surface area contributed by atoms with E-state index in [0.29, 0.717) is 0 Å². The normalized spacial score (nSPS) is 10.6. The lowest BCUT2D eigenvalue weighted by atomic mass is 10.2. The third-order valence-electron chi connectivity index (χ3n) is 2.45. The van der Waals surface area contributed by atoms with Crippen molar-refractivity contribution >= 4 is 23.1 Å². The summed E-state index contributed by atoms with van der Waals surface area (Å²) in [6, 6.07) is 11.9. The summed E-state index contributed by atoms with van der Waals surface area (Å²) in [7, 11) is 0. The Balaban J connectivity index is 1.88. The molecule has 0 aliphatic carbocycles. The van der Waals surface area contributed by atoms with Crippen LogP contribution in [-0.2, 0) is 0 Å². The molecule has 0 amide bonds. The van der Waals surface area contributed by atoms with E-state index in [1.807, 2.05) is 48.7 Å². The molecule has 2 aromatic heterocycles. The van der Waals surface area contributed by atoms with Crippen LogP contribution in [0.15, 0.2) is 57.3 Å². The molecule has 3 nitrogen and oxygen atoms in total. The molecule has 0 bridgehead atoms. The van der Waals surface area contributed by atoms with Gasteiger partial charge < -0.3 is 0 Å². The highest BCUT2D eigenvalue weighted by molar-refractivity contribution is 8.01. The minimum Gasteiger partial charge on any atom is -0.237 e. The first-order valence-corrected chi connectivity index (χ1v) is 7.49. The lowest BCUT2D eigenvalue weighted by Gasteiger charge is -2.01. The molecule has 3 rings (SSSR count). The van der Waals surface area contributed by atoms with Crippen LogP contribution in [0.1, 0.15) is 5.69 Å². The zero-order valence-electron chi connectivity index (χ0n) is 10.3. The average molecular weight is 285 g/mol. The molecule has 0 radical (unpaired) electrons. The van der Waals surface area contributed by atoms with Crippen molar-refractivity contribution in [2.45, 2.75) is 16.3 Å². The van der Waals surface area contributed by atoms with E-state index in [-0.39, 0.29) is 0 Å². The second kappa shape index (κ2) is 5.50. The van der Waals surface area contributed by atoms with Crippen LogP contribution in [0, 0.1) is 6.92 Å². The standard InChI is InChI=1S/C14H11N3S2/c1-10-9-18-14(16-10)19-12-7-8-15-13(17-12)11-5-3-2-4-6-11/h2-9H,1H3. The first kappa shape index (κ1) is 12.3. The van der Waals surface area contributed by atoms with E-state index < -0.39 is 0 Å². The van der Waals surface area contributed by atoms with Gasteiger partial charge in [0.15, 0.2) is 10.2 Å². The Morgan fingerprint density at radius 3 is 2.63 bits per heavy atom. The number of rotatable bonds is 3. The molecule has 0 saturated carbocycles. The molecular weight excluding hydrogens is 274 g/mol. The van der Waals surface area contributed by atoms with Crippen molar-refractivity contribution in [3.05, 3.63) is 53.7 Å². The minimum absolute atomic E-state index is 0.749. The summed E-state index contributed by atoms with van der Waals surface area (Å²) in [4.78, 5) is 13.3. The monoisotopic (exact) mass is 285 g/mol. The molecule has 3 aromatic rings. The lowest BCUT2D eigenvalue weighted by molar-refractivity contribution is 1.05. The van der Waals surface area contributed by atoms with Crippen molar-refractivity contribution in [2.24, 2.45) is 0 Å². The van der Waals surface area contributed by atoms with Crippen molar-refractivity contribution in [1.29, 1.82) is 0 Å². The molecule has 0 fully saturated rings. The quantitative estimate of drug-likeness (QED) is 0.680. The minimum atomic E-state index is 0.749. The van der Waals surface area contributed by atoms with Gasteiger partial charge in [-0.2, -0.15) is 0 Å². The van der Waals surface area contributed by atoms with Gasteiger partial charge in [-0.1, -0.05) is 30.3 Å². The highest BCUT2D eigenvalue weighted by atomic mass is 32.2. The van der Waals surface area contributed by atoms with Crippen molar-refractivity contribution in [3.8, 4) is 11.4 Å². The largest absolute Gasteiger partial charge is 0.237 e. The van der Waals surface area contributed by atoms with Crippen LogP contribution in [-0.4, -0.2) is 15.0 Å². The van der Waals surface area contributed by atoms with Crippen LogP contribution in [0.4, 0.5) is 0 Å². The van der Waals surface area contributed by atoms with Crippen molar-refractivity contribution in [2.75, 3.05) is 0 Å². The van der Waals surface area contributed by atoms with E-state index >= 15 is 0 Å². The molecule has 5 heteroatoms. The van der Waals surface area contributed by atoms with Crippen molar-refractivity contribution in [1.82, 2.24) is 15.0 Å². The van der Waals surface area contributed by atoms with Gasteiger partial charge in [0.2, 0.25) is 0 Å². The first-order chi connectivity index (χ1) is 9.31. The van der Waals surface area contributed by atoms with Crippen LogP contribution in [0.5, 0.6) is 0 Å². The summed E-state index contributed by atoms with van der Waals surface area (Å²) < 4.78 is 1.01. The maximum absolute atomic E-state index is 4.57. The van der Waals surface area contributed by atoms with E-state index in [1.165, 1.54) is 0 Å². The van der Waals surface area contributed by atoms with Gasteiger partial charge in [-0.15, -0.1) is 11.3 Å². The maximum atomic E-state index is 4.57. The Kier molecular flexibility index (Phi) is 3.57. The lowest BCUT2D eigenvalue weighted by Crippen LogP contribution is -1.89. The van der Waals surface area contributed by atoms with Crippen LogP contribution in [0.2, 0.25) is 0 Å². The average Bonchev–Trinajstić information content (AvgIpc) is 2.85. The SMILES string of the molecule is Cc1csc(Sc2ccnc(-c3ccccc3)n2)n1. The Morgan fingerprint density at radius 1 is 1.05 bits per heavy atom. The van der Waals surface area contributed by atoms with Gasteiger partial charge in [-0.25, -0.2) is 15.0 Å². The fourth-order valence-corrected chi connectivity index (χ4v) is 3.34. The molecule has 1 aromatic carbocycles. The smallest absolute Gasteiger partial charge is 0.160 e. The molecule has 0 N–H and O–H groups in total. The molecule has 0 atom stereocenters. The van der Waals surface area contributed by atoms with Crippen LogP contribution >= 0.6 is 23.1 Å². The third kappa shape index (κ3) is 3.00. The number of hydrogen-bond acceptors (Lipinski definition) is 5. The number of benzene rings is 1. The summed E-state index contributed by atoms with van der Waals surface area (Å²) in [6.45, 7) is 2.00. The fourth-order valence-electron chi connectivity index (χ4n) is 1.59. The van der Waals surface area contributed by atoms with Crippen molar-refractivity contribution < 1.29 is 0 Å². The first-order valence-electron chi connectivity index (χ1n) is 5.80. The molecule has 0 unspecified atom stereocenters. The molecule has 94 valence electrons. The summed E-state index contributed by atoms with van der Waals surface area (Å²) in [5, 5.41) is 2.96. The van der Waals surface area contributed by atoms with Gasteiger partial charge in [0.05, 0.1) is 0 Å². The number of nitrogens with zero attached hydrogens (tertiary/aromatic N) is 3. The van der Waals surface area contributed by atoms with Gasteiger partial charge in [0.1, 0.15) is 5.03 Å². The second-order valence-corrected chi connectivity index (χ2v) is 6.07. The second-order valence-electron chi connectivity index (χ2n) is 3.94. The molecule has 19 heavy (non-hydrogen) atoms. The van der Waals surface area contributed by atoms with E-state index in [1.54, 1.807) is 29.3 Å². The van der Waals surface area contributed by atoms with E-state index in [4.69, 9.17) is 0 Å². The molecule has 2 heterocycles. The summed E-state index contributed by atoms with van der Waals surface area (Å²) in [5.41, 5.74) is 2.07. The topological polar surface area (TPSA) is 38.7 Å². The van der Waals surface area contributed by atoms with Gasteiger partial charge in [0, 0.05) is 22.8 Å². The van der Waals surface area contributed by atoms with Gasteiger partial charge >= 0.3 is 0 Å². The maximum Gasteiger partial charge on any atom is 0.160 e. The van der Waals surface area contributed by atoms with Gasteiger partial charge in [0.25, 0.3) is 0 Å². The summed E-state index contributed by atoms with van der Waals surface area (Å²) in [6.07, 6.45) is 1.79. The van der Waals surface area contributed by atoms with E-state index in [0.717, 1.165) is 26.4 Å². The fraction of sp³-hybridized carbons (Fsp3) is 0.0714. The van der Waals surface area contributed by atoms with Crippen molar-refractivity contribution in [3.63, 3.8) is 0 Å². The molecule has 0 saturated heterocycles. The predicted molar refractivity (Wildman–Crippen MR) is 78.4 cm³/mol. The number of hydrogen-bond donors (Lipinski definition) is 0. The Morgan fingerprint density at radius 2 is 1.89 bits per heavy atom. The zero-order valence-corrected chi connectivity index (χ0v) is 11.9. The van der Waals surface area contributed by atoms with Gasteiger partial charge in [-0.3, -0.25) is 0 Å². The Bertz CT molecular complexity index is 680. The number of thiazole rings is 1. The molecule has 0 aliphatic rings. The van der Waals surface area contributed by atoms with Crippen LogP contribution < -0.4 is 0 Å². The predicted octanol–water partition coefficient (Wildman–Crippen LogP) is 4.06. The number of aryl methyl sites for hydroxylation is 1. The molecule has 0 spiro atoms. The molecular formula is C14H11N3S2. The van der Waals surface area contributed by atoms with Crippen LogP contribution in [0.3, 0.4) is 0 Å². The van der Waals surface area contributed by atoms with E-state index in [9.17, 15) is 0 Å². The third-order valence-corrected chi connectivity index (χ3v) is 4.44. The Hall–Kier alpha value is -1.72. The Labute approximate surface area is 119 Å². The zero-order chi connectivity index (χ0) is 13.1. The molecule has 0 aliphatic heterocycles. The highest BCUT2D eigenvalue weighted by Gasteiger charge is 2.06. The van der Waals surface area contributed by atoms with Crippen LogP contribution in [0.25, 0.3) is 11.4 Å². The summed E-state index contributed by atoms with van der Waals surface area (Å²) >= 11 is 3.21.